The molecule has 0 spiro atoms. The number of ether oxygens (including phenoxy) is 1. The fourth-order valence-electron chi connectivity index (χ4n) is 1.32. The van der Waals surface area contributed by atoms with Crippen LogP contribution in [0.4, 0.5) is 10.2 Å². The summed E-state index contributed by atoms with van der Waals surface area (Å²) in [4.78, 5) is 0. The third-order valence-electron chi connectivity index (χ3n) is 2.02. The van der Waals surface area contributed by atoms with Gasteiger partial charge in [-0.15, -0.1) is 0 Å². The minimum atomic E-state index is -0.569. The number of rotatable bonds is 2. The maximum Gasteiger partial charge on any atom is 0.173 e. The van der Waals surface area contributed by atoms with Crippen molar-refractivity contribution in [3.05, 3.63) is 29.0 Å². The second-order valence-electron chi connectivity index (χ2n) is 3.09. The van der Waals surface area contributed by atoms with Gasteiger partial charge < -0.3 is 15.0 Å². The third-order valence-corrected chi connectivity index (χ3v) is 2.30. The van der Waals surface area contributed by atoms with Gasteiger partial charge in [-0.25, -0.2) is 4.39 Å². The molecule has 0 amide bonds. The molecule has 16 heavy (non-hydrogen) atoms. The zero-order valence-electron chi connectivity index (χ0n) is 8.33. The summed E-state index contributed by atoms with van der Waals surface area (Å²) in [6, 6.07) is 4.24. The molecule has 2 N–H and O–H groups in total. The zero-order valence-corrected chi connectivity index (χ0v) is 9.08. The summed E-state index contributed by atoms with van der Waals surface area (Å²) in [6.45, 7) is 0. The van der Waals surface area contributed by atoms with Crippen LogP contribution in [-0.4, -0.2) is 12.3 Å². The Bertz CT molecular complexity index is 504. The topological polar surface area (TPSA) is 61.3 Å². The van der Waals surface area contributed by atoms with Gasteiger partial charge in [-0.1, -0.05) is 16.8 Å². The molecule has 1 aromatic heterocycles. The lowest BCUT2D eigenvalue weighted by molar-refractivity contribution is 0.386. The van der Waals surface area contributed by atoms with Crippen molar-refractivity contribution in [2.75, 3.05) is 12.8 Å². The highest BCUT2D eigenvalue weighted by Crippen LogP contribution is 2.33. The van der Waals surface area contributed by atoms with Gasteiger partial charge in [0.15, 0.2) is 23.1 Å². The van der Waals surface area contributed by atoms with E-state index in [-0.39, 0.29) is 16.6 Å². The van der Waals surface area contributed by atoms with E-state index in [4.69, 9.17) is 26.6 Å². The van der Waals surface area contributed by atoms with E-state index in [0.717, 1.165) is 0 Å². The highest BCUT2D eigenvalue weighted by molar-refractivity contribution is 6.32. The van der Waals surface area contributed by atoms with Gasteiger partial charge in [-0.2, -0.15) is 0 Å². The number of halogens is 2. The molecule has 0 aliphatic carbocycles. The summed E-state index contributed by atoms with van der Waals surface area (Å²) in [5, 5.41) is 3.66. The monoisotopic (exact) mass is 242 g/mol. The lowest BCUT2D eigenvalue weighted by atomic mass is 10.1. The van der Waals surface area contributed by atoms with Crippen LogP contribution in [0.1, 0.15) is 0 Å². The first-order valence-electron chi connectivity index (χ1n) is 4.37. The fraction of sp³-hybridized carbons (Fsp3) is 0.100. The Morgan fingerprint density at radius 1 is 1.44 bits per heavy atom. The number of anilines is 1. The second kappa shape index (κ2) is 4.02. The van der Waals surface area contributed by atoms with Gasteiger partial charge in [-0.3, -0.25) is 0 Å². The van der Waals surface area contributed by atoms with E-state index in [1.807, 2.05) is 0 Å². The van der Waals surface area contributed by atoms with E-state index in [1.54, 1.807) is 0 Å². The largest absolute Gasteiger partial charge is 0.492 e. The predicted octanol–water partition coefficient (Wildman–Crippen LogP) is 2.72. The Kier molecular flexibility index (Phi) is 2.70. The fourth-order valence-corrected chi connectivity index (χ4v) is 1.61. The summed E-state index contributed by atoms with van der Waals surface area (Å²) >= 11 is 5.83. The predicted molar refractivity (Wildman–Crippen MR) is 57.9 cm³/mol. The van der Waals surface area contributed by atoms with Crippen molar-refractivity contribution in [3.8, 4) is 17.1 Å². The standard InChI is InChI=1S/C10H8ClFN2O2/c1-15-10-6(11)2-5(3-7(10)12)8-4-9(13)14-16-8/h2-4H,1H3,(H2,13,14). The Hall–Kier alpha value is -1.75. The van der Waals surface area contributed by atoms with Gasteiger partial charge in [0.2, 0.25) is 0 Å². The van der Waals surface area contributed by atoms with Crippen LogP contribution in [0, 0.1) is 5.82 Å². The maximum absolute atomic E-state index is 13.5. The Balaban J connectivity index is 2.52. The first-order valence-corrected chi connectivity index (χ1v) is 4.75. The van der Waals surface area contributed by atoms with Crippen molar-refractivity contribution in [1.82, 2.24) is 5.16 Å². The van der Waals surface area contributed by atoms with Crippen molar-refractivity contribution in [1.29, 1.82) is 0 Å². The normalized spacial score (nSPS) is 10.4. The molecule has 0 atom stereocenters. The highest BCUT2D eigenvalue weighted by Gasteiger charge is 2.13. The summed E-state index contributed by atoms with van der Waals surface area (Å²) in [6.07, 6.45) is 0. The van der Waals surface area contributed by atoms with Crippen LogP contribution in [0.15, 0.2) is 22.7 Å². The van der Waals surface area contributed by atoms with Crippen molar-refractivity contribution < 1.29 is 13.7 Å². The van der Waals surface area contributed by atoms with E-state index < -0.39 is 5.82 Å². The number of nitrogens with two attached hydrogens (primary N) is 1. The molecule has 0 saturated carbocycles. The summed E-state index contributed by atoms with van der Waals surface area (Å²) in [5.74, 6) is 0.00109. The van der Waals surface area contributed by atoms with Crippen LogP contribution in [0.25, 0.3) is 11.3 Å². The molecule has 4 nitrogen and oxygen atoms in total. The minimum Gasteiger partial charge on any atom is -0.492 e. The number of benzene rings is 1. The smallest absolute Gasteiger partial charge is 0.173 e. The molecule has 0 unspecified atom stereocenters. The average Bonchev–Trinajstić information content (AvgIpc) is 2.64. The van der Waals surface area contributed by atoms with Gasteiger partial charge in [0.05, 0.1) is 12.1 Å². The van der Waals surface area contributed by atoms with Crippen LogP contribution < -0.4 is 10.5 Å². The van der Waals surface area contributed by atoms with Crippen molar-refractivity contribution in [2.24, 2.45) is 0 Å². The summed E-state index contributed by atoms with van der Waals surface area (Å²) in [7, 11) is 1.34. The van der Waals surface area contributed by atoms with E-state index in [0.29, 0.717) is 11.3 Å². The van der Waals surface area contributed by atoms with Crippen molar-refractivity contribution in [2.45, 2.75) is 0 Å². The van der Waals surface area contributed by atoms with E-state index in [1.165, 1.54) is 25.3 Å². The Morgan fingerprint density at radius 3 is 2.69 bits per heavy atom. The summed E-state index contributed by atoms with van der Waals surface area (Å²) in [5.41, 5.74) is 5.84. The first kappa shape index (κ1) is 10.8. The molecular weight excluding hydrogens is 235 g/mol. The van der Waals surface area contributed by atoms with Gasteiger partial charge in [0.1, 0.15) is 0 Å². The molecule has 2 rings (SSSR count). The molecule has 0 aliphatic heterocycles. The number of hydrogen-bond donors (Lipinski definition) is 1. The molecule has 2 aromatic rings. The second-order valence-corrected chi connectivity index (χ2v) is 3.50. The number of hydrogen-bond acceptors (Lipinski definition) is 4. The first-order chi connectivity index (χ1) is 7.61. The van der Waals surface area contributed by atoms with Gasteiger partial charge in [0, 0.05) is 11.6 Å². The number of nitrogen functional groups attached to an aromatic ring is 1. The summed E-state index contributed by atoms with van der Waals surface area (Å²) < 4.78 is 23.2. The Morgan fingerprint density at radius 2 is 2.19 bits per heavy atom. The maximum atomic E-state index is 13.5. The van der Waals surface area contributed by atoms with Gasteiger partial charge >= 0.3 is 0 Å². The molecular formula is C10H8ClFN2O2. The SMILES string of the molecule is COc1c(F)cc(-c2cc(N)no2)cc1Cl. The van der Waals surface area contributed by atoms with Crippen molar-refractivity contribution in [3.63, 3.8) is 0 Å². The Labute approximate surface area is 95.7 Å². The van der Waals surface area contributed by atoms with Crippen LogP contribution in [0.3, 0.4) is 0 Å². The molecule has 0 saturated heterocycles. The molecule has 0 aliphatic rings. The lowest BCUT2D eigenvalue weighted by Gasteiger charge is -2.05. The minimum absolute atomic E-state index is 0.00194. The molecule has 0 radical (unpaired) electrons. The van der Waals surface area contributed by atoms with E-state index >= 15 is 0 Å². The van der Waals surface area contributed by atoms with E-state index in [9.17, 15) is 4.39 Å². The molecule has 0 fully saturated rings. The number of methoxy groups -OCH3 is 1. The van der Waals surface area contributed by atoms with Crippen LogP contribution in [-0.2, 0) is 0 Å². The van der Waals surface area contributed by atoms with Crippen LogP contribution >= 0.6 is 11.6 Å². The highest BCUT2D eigenvalue weighted by atomic mass is 35.5. The van der Waals surface area contributed by atoms with Gasteiger partial charge in [0.25, 0.3) is 0 Å². The number of nitrogens with zero attached hydrogens (tertiary/aromatic N) is 1. The molecule has 6 heteroatoms. The van der Waals surface area contributed by atoms with Crippen LogP contribution in [0.5, 0.6) is 5.75 Å². The molecule has 84 valence electrons. The third kappa shape index (κ3) is 1.81. The average molecular weight is 243 g/mol. The van der Waals surface area contributed by atoms with Crippen LogP contribution in [0.2, 0.25) is 5.02 Å². The molecule has 1 aromatic carbocycles. The van der Waals surface area contributed by atoms with Crippen molar-refractivity contribution >= 4 is 17.4 Å². The molecule has 0 bridgehead atoms. The lowest BCUT2D eigenvalue weighted by Crippen LogP contribution is -1.90. The molecule has 1 heterocycles. The van der Waals surface area contributed by atoms with Gasteiger partial charge in [-0.05, 0) is 12.1 Å². The number of aromatic nitrogens is 1. The van der Waals surface area contributed by atoms with E-state index in [2.05, 4.69) is 5.16 Å². The zero-order chi connectivity index (χ0) is 11.7. The quantitative estimate of drug-likeness (QED) is 0.880.